The first-order valence-corrected chi connectivity index (χ1v) is 12.3. The van der Waals surface area contributed by atoms with E-state index in [2.05, 4.69) is 10.2 Å². The number of ether oxygens (including phenoxy) is 1. The second-order valence-corrected chi connectivity index (χ2v) is 9.81. The lowest BCUT2D eigenvalue weighted by Gasteiger charge is -2.24. The van der Waals surface area contributed by atoms with Gasteiger partial charge in [0.15, 0.2) is 6.10 Å². The van der Waals surface area contributed by atoms with Crippen molar-refractivity contribution in [2.75, 3.05) is 36.4 Å². The van der Waals surface area contributed by atoms with Crippen molar-refractivity contribution in [3.05, 3.63) is 48.0 Å². The van der Waals surface area contributed by atoms with Crippen LogP contribution in [0.15, 0.2) is 47.4 Å². The third-order valence-electron chi connectivity index (χ3n) is 5.96. The largest absolute Gasteiger partial charge is 0.480 e. The maximum Gasteiger partial charge on any atom is 0.265 e. The Labute approximate surface area is 184 Å². The third-order valence-corrected chi connectivity index (χ3v) is 8.00. The zero-order chi connectivity index (χ0) is 22.0. The number of carbonyl (C=O) groups is 1. The van der Waals surface area contributed by atoms with Gasteiger partial charge in [-0.15, -0.1) is 0 Å². The Hall–Kier alpha value is -2.58. The van der Waals surface area contributed by atoms with E-state index in [-0.39, 0.29) is 10.8 Å². The zero-order valence-electron chi connectivity index (χ0n) is 18.0. The smallest absolute Gasteiger partial charge is 0.265 e. The molecule has 0 bridgehead atoms. The molecule has 1 amide bonds. The number of nitrogens with one attached hydrogen (secondary N) is 1. The van der Waals surface area contributed by atoms with Gasteiger partial charge in [0.1, 0.15) is 5.75 Å². The standard InChI is InChI=1S/C23H29N3O4S/c1-3-26(4-2)31(28,29)18-11-12-20(25-13-7-8-14-25)19(16-18)24-23(27)22-15-17-9-5-6-10-21(17)30-22/h5-6,9-12,16,22H,3-4,7-8,13-15H2,1-2H3,(H,24,27). The molecule has 7 nitrogen and oxygen atoms in total. The highest BCUT2D eigenvalue weighted by molar-refractivity contribution is 7.89. The Morgan fingerprint density at radius 1 is 1.13 bits per heavy atom. The molecule has 8 heteroatoms. The van der Waals surface area contributed by atoms with Gasteiger partial charge in [-0.3, -0.25) is 4.79 Å². The number of para-hydroxylation sites is 1. The number of hydrogen-bond donors (Lipinski definition) is 1. The number of fused-ring (bicyclic) bond motifs is 1. The zero-order valence-corrected chi connectivity index (χ0v) is 18.8. The molecule has 1 atom stereocenters. The lowest BCUT2D eigenvalue weighted by atomic mass is 10.1. The van der Waals surface area contributed by atoms with Crippen LogP contribution in [0.3, 0.4) is 0 Å². The molecule has 0 aromatic heterocycles. The van der Waals surface area contributed by atoms with Crippen LogP contribution >= 0.6 is 0 Å². The molecular formula is C23H29N3O4S. The summed E-state index contributed by atoms with van der Waals surface area (Å²) in [5.41, 5.74) is 2.36. The number of benzene rings is 2. The van der Waals surface area contributed by atoms with Crippen LogP contribution in [-0.2, 0) is 21.2 Å². The molecule has 0 saturated carbocycles. The summed E-state index contributed by atoms with van der Waals surface area (Å²) in [6.07, 6.45) is 2.02. The molecule has 0 aliphatic carbocycles. The molecule has 4 rings (SSSR count). The minimum atomic E-state index is -3.63. The molecule has 0 spiro atoms. The Bertz CT molecular complexity index is 1040. The van der Waals surface area contributed by atoms with E-state index in [4.69, 9.17) is 4.74 Å². The fraction of sp³-hybridized carbons (Fsp3) is 0.435. The maximum absolute atomic E-state index is 13.0. The second-order valence-electron chi connectivity index (χ2n) is 7.87. The first kappa shape index (κ1) is 21.6. The number of sulfonamides is 1. The average molecular weight is 444 g/mol. The van der Waals surface area contributed by atoms with Gasteiger partial charge in [-0.05, 0) is 42.7 Å². The number of anilines is 2. The molecule has 1 N–H and O–H groups in total. The van der Waals surface area contributed by atoms with Gasteiger partial charge in [-0.1, -0.05) is 32.0 Å². The van der Waals surface area contributed by atoms with Gasteiger partial charge in [-0.25, -0.2) is 8.42 Å². The fourth-order valence-electron chi connectivity index (χ4n) is 4.26. The summed E-state index contributed by atoms with van der Waals surface area (Å²) in [6.45, 7) is 6.19. The topological polar surface area (TPSA) is 79.0 Å². The minimum Gasteiger partial charge on any atom is -0.480 e. The van der Waals surface area contributed by atoms with Crippen molar-refractivity contribution in [2.24, 2.45) is 0 Å². The lowest BCUT2D eigenvalue weighted by molar-refractivity contribution is -0.122. The molecule has 2 aliphatic rings. The van der Waals surface area contributed by atoms with Crippen molar-refractivity contribution in [2.45, 2.75) is 44.1 Å². The van der Waals surface area contributed by atoms with Crippen LogP contribution < -0.4 is 15.0 Å². The van der Waals surface area contributed by atoms with Crippen LogP contribution in [0, 0.1) is 0 Å². The molecule has 2 heterocycles. The lowest BCUT2D eigenvalue weighted by Crippen LogP contribution is -2.33. The van der Waals surface area contributed by atoms with Gasteiger partial charge in [0.25, 0.3) is 5.91 Å². The van der Waals surface area contributed by atoms with Crippen LogP contribution in [0.1, 0.15) is 32.3 Å². The van der Waals surface area contributed by atoms with Crippen molar-refractivity contribution in [1.29, 1.82) is 0 Å². The molecule has 0 radical (unpaired) electrons. The van der Waals surface area contributed by atoms with Gasteiger partial charge >= 0.3 is 0 Å². The monoisotopic (exact) mass is 443 g/mol. The molecule has 166 valence electrons. The highest BCUT2D eigenvalue weighted by Gasteiger charge is 2.31. The van der Waals surface area contributed by atoms with Gasteiger partial charge in [0, 0.05) is 32.6 Å². The van der Waals surface area contributed by atoms with E-state index < -0.39 is 16.1 Å². The highest BCUT2D eigenvalue weighted by atomic mass is 32.2. The van der Waals surface area contributed by atoms with Gasteiger partial charge in [-0.2, -0.15) is 4.31 Å². The SMILES string of the molecule is CCN(CC)S(=O)(=O)c1ccc(N2CCCC2)c(NC(=O)C2Cc3ccccc3O2)c1. The number of rotatable bonds is 7. The number of nitrogens with zero attached hydrogens (tertiary/aromatic N) is 2. The number of carbonyl (C=O) groups excluding carboxylic acids is 1. The first-order chi connectivity index (χ1) is 14.9. The molecule has 2 aliphatic heterocycles. The van der Waals surface area contributed by atoms with Crippen LogP contribution in [-0.4, -0.2) is 50.9 Å². The van der Waals surface area contributed by atoms with Gasteiger partial charge in [0.05, 0.1) is 16.3 Å². The summed E-state index contributed by atoms with van der Waals surface area (Å²) in [4.78, 5) is 15.4. The van der Waals surface area contributed by atoms with Crippen molar-refractivity contribution >= 4 is 27.3 Å². The quantitative estimate of drug-likeness (QED) is 0.711. The summed E-state index contributed by atoms with van der Waals surface area (Å²) in [7, 11) is -3.63. The summed E-state index contributed by atoms with van der Waals surface area (Å²) in [6, 6.07) is 12.6. The molecular weight excluding hydrogens is 414 g/mol. The Balaban J connectivity index is 1.63. The number of hydrogen-bond acceptors (Lipinski definition) is 5. The van der Waals surface area contributed by atoms with Crippen molar-refractivity contribution in [3.8, 4) is 5.75 Å². The van der Waals surface area contributed by atoms with E-state index in [0.29, 0.717) is 25.2 Å². The minimum absolute atomic E-state index is 0.185. The number of amides is 1. The van der Waals surface area contributed by atoms with E-state index in [1.807, 2.05) is 44.2 Å². The molecule has 31 heavy (non-hydrogen) atoms. The van der Waals surface area contributed by atoms with E-state index in [9.17, 15) is 13.2 Å². The average Bonchev–Trinajstić information content (AvgIpc) is 3.44. The third kappa shape index (κ3) is 4.27. The first-order valence-electron chi connectivity index (χ1n) is 10.9. The van der Waals surface area contributed by atoms with E-state index in [0.717, 1.165) is 42.9 Å². The molecule has 2 aromatic rings. The summed E-state index contributed by atoms with van der Waals surface area (Å²) in [5, 5.41) is 2.96. The van der Waals surface area contributed by atoms with Crippen LogP contribution in [0.2, 0.25) is 0 Å². The van der Waals surface area contributed by atoms with Gasteiger partial charge < -0.3 is 15.0 Å². The Morgan fingerprint density at radius 2 is 1.84 bits per heavy atom. The molecule has 2 aromatic carbocycles. The van der Waals surface area contributed by atoms with Crippen LogP contribution in [0.25, 0.3) is 0 Å². The highest BCUT2D eigenvalue weighted by Crippen LogP contribution is 2.34. The predicted molar refractivity (Wildman–Crippen MR) is 121 cm³/mol. The second kappa shape index (κ2) is 8.88. The Morgan fingerprint density at radius 3 is 2.52 bits per heavy atom. The van der Waals surface area contributed by atoms with Gasteiger partial charge in [0.2, 0.25) is 10.0 Å². The van der Waals surface area contributed by atoms with Crippen molar-refractivity contribution in [1.82, 2.24) is 4.31 Å². The normalized spacial score (nSPS) is 18.2. The summed E-state index contributed by atoms with van der Waals surface area (Å²) < 4.78 is 33.3. The van der Waals surface area contributed by atoms with E-state index >= 15 is 0 Å². The van der Waals surface area contributed by atoms with Crippen LogP contribution in [0.5, 0.6) is 5.75 Å². The predicted octanol–water partition coefficient (Wildman–Crippen LogP) is 3.26. The fourth-order valence-corrected chi connectivity index (χ4v) is 5.75. The summed E-state index contributed by atoms with van der Waals surface area (Å²) in [5.74, 6) is 0.453. The van der Waals surface area contributed by atoms with Crippen LogP contribution in [0.4, 0.5) is 11.4 Å². The molecule has 1 saturated heterocycles. The summed E-state index contributed by atoms with van der Waals surface area (Å²) >= 11 is 0. The van der Waals surface area contributed by atoms with E-state index in [1.165, 1.54) is 4.31 Å². The van der Waals surface area contributed by atoms with E-state index in [1.54, 1.807) is 12.1 Å². The molecule has 1 unspecified atom stereocenters. The van der Waals surface area contributed by atoms with Crippen molar-refractivity contribution in [3.63, 3.8) is 0 Å². The molecule has 1 fully saturated rings. The maximum atomic E-state index is 13.0. The van der Waals surface area contributed by atoms with Crippen molar-refractivity contribution < 1.29 is 17.9 Å². The Kier molecular flexibility index (Phi) is 6.20.